The molecule has 5 nitrogen and oxygen atoms in total. The summed E-state index contributed by atoms with van der Waals surface area (Å²) >= 11 is 14.2. The predicted octanol–water partition coefficient (Wildman–Crippen LogP) is 3.80. The number of alkyl halides is 4. The lowest BCUT2D eigenvalue weighted by molar-refractivity contribution is -0.143. The van der Waals surface area contributed by atoms with E-state index in [1.807, 2.05) is 0 Å². The molecule has 1 unspecified atom stereocenters. The van der Waals surface area contributed by atoms with Gasteiger partial charge in [-0.3, -0.25) is 4.79 Å². The summed E-state index contributed by atoms with van der Waals surface area (Å²) in [5.41, 5.74) is 0. The zero-order valence-electron chi connectivity index (χ0n) is 11.1. The SMILES string of the molecule is COC(=O)C(C)N(SC(Br)(Br)C(Br)Br)S(=O)(=O)C(C)C. The van der Waals surface area contributed by atoms with Crippen LogP contribution in [0.15, 0.2) is 0 Å². The molecule has 0 saturated carbocycles. The Kier molecular flexibility index (Phi) is 9.19. The molecule has 0 spiro atoms. The molecule has 11 heteroatoms. The van der Waals surface area contributed by atoms with Crippen LogP contribution in [-0.2, 0) is 19.6 Å². The number of ether oxygens (including phenoxy) is 1. The molecule has 20 heavy (non-hydrogen) atoms. The normalized spacial score (nSPS) is 14.9. The van der Waals surface area contributed by atoms with Crippen molar-refractivity contribution >= 4 is 91.7 Å². The smallest absolute Gasteiger partial charge is 0.324 e. The Hall–Kier alpha value is 1.65. The fourth-order valence-corrected chi connectivity index (χ4v) is 5.78. The van der Waals surface area contributed by atoms with Gasteiger partial charge in [0.25, 0.3) is 0 Å². The van der Waals surface area contributed by atoms with E-state index in [0.717, 1.165) is 15.7 Å². The average Bonchev–Trinajstić information content (AvgIpc) is 2.33. The Balaban J connectivity index is 5.57. The number of methoxy groups -OCH3 is 1. The van der Waals surface area contributed by atoms with Gasteiger partial charge in [0.05, 0.1) is 12.4 Å². The molecular weight excluding hydrogens is 570 g/mol. The summed E-state index contributed by atoms with van der Waals surface area (Å²) in [6.07, 6.45) is 0. The molecule has 0 aromatic carbocycles. The van der Waals surface area contributed by atoms with Crippen LogP contribution >= 0.6 is 75.7 Å². The minimum Gasteiger partial charge on any atom is -0.468 e. The Morgan fingerprint density at radius 1 is 1.25 bits per heavy atom. The lowest BCUT2D eigenvalue weighted by atomic mass is 10.4. The first kappa shape index (κ1) is 21.6. The van der Waals surface area contributed by atoms with Crippen molar-refractivity contribution in [1.82, 2.24) is 3.71 Å². The van der Waals surface area contributed by atoms with Crippen LogP contribution in [0, 0.1) is 0 Å². The fraction of sp³-hybridized carbons (Fsp3) is 0.889. The van der Waals surface area contributed by atoms with Crippen molar-refractivity contribution in [3.63, 3.8) is 0 Å². The van der Waals surface area contributed by atoms with Crippen molar-refractivity contribution < 1.29 is 17.9 Å². The zero-order valence-corrected chi connectivity index (χ0v) is 19.1. The molecule has 0 aromatic heterocycles. The molecular formula is C9H15Br4NO4S2. The molecule has 0 heterocycles. The number of carbonyl (C=O) groups is 1. The number of esters is 1. The lowest BCUT2D eigenvalue weighted by Crippen LogP contribution is -2.44. The Morgan fingerprint density at radius 3 is 2.00 bits per heavy atom. The van der Waals surface area contributed by atoms with Gasteiger partial charge in [-0.05, 0) is 32.7 Å². The van der Waals surface area contributed by atoms with Gasteiger partial charge in [-0.2, -0.15) is 0 Å². The standard InChI is InChI=1S/C9H15Br4NO4S2/c1-5(2)20(16,17)14(6(3)7(15)18-4)19-9(12,13)8(10)11/h5-6,8H,1-4H3. The molecule has 0 fully saturated rings. The van der Waals surface area contributed by atoms with E-state index in [-0.39, 0.29) is 3.74 Å². The average molecular weight is 585 g/mol. The second-order valence-electron chi connectivity index (χ2n) is 4.00. The van der Waals surface area contributed by atoms with Crippen molar-refractivity contribution in [3.05, 3.63) is 0 Å². The summed E-state index contributed by atoms with van der Waals surface area (Å²) in [5, 5.41) is -0.665. The highest BCUT2D eigenvalue weighted by atomic mass is 79.9. The quantitative estimate of drug-likeness (QED) is 0.259. The second-order valence-corrected chi connectivity index (χ2v) is 15.5. The Labute approximate surface area is 157 Å². The van der Waals surface area contributed by atoms with Crippen LogP contribution < -0.4 is 0 Å². The van der Waals surface area contributed by atoms with Gasteiger partial charge >= 0.3 is 5.97 Å². The lowest BCUT2D eigenvalue weighted by Gasteiger charge is -2.32. The number of rotatable bonds is 7. The van der Waals surface area contributed by atoms with E-state index in [1.54, 1.807) is 13.8 Å². The first-order valence-corrected chi connectivity index (χ1v) is 11.0. The number of nitrogens with zero attached hydrogens (tertiary/aromatic N) is 1. The van der Waals surface area contributed by atoms with Crippen molar-refractivity contribution in [3.8, 4) is 0 Å². The fourth-order valence-electron chi connectivity index (χ4n) is 0.976. The minimum atomic E-state index is -3.67. The monoisotopic (exact) mass is 581 g/mol. The molecule has 0 bridgehead atoms. The van der Waals surface area contributed by atoms with Crippen molar-refractivity contribution in [2.75, 3.05) is 7.11 Å². The third-order valence-corrected chi connectivity index (χ3v) is 12.2. The van der Waals surface area contributed by atoms with E-state index in [1.165, 1.54) is 14.0 Å². The Morgan fingerprint density at radius 2 is 1.70 bits per heavy atom. The van der Waals surface area contributed by atoms with E-state index in [2.05, 4.69) is 68.5 Å². The van der Waals surface area contributed by atoms with Gasteiger partial charge in [0.15, 0.2) is 2.57 Å². The second kappa shape index (κ2) is 8.49. The van der Waals surface area contributed by atoms with Crippen LogP contribution in [0.1, 0.15) is 20.8 Å². The van der Waals surface area contributed by atoms with Gasteiger partial charge in [-0.15, -0.1) is 3.71 Å². The van der Waals surface area contributed by atoms with Gasteiger partial charge in [-0.1, -0.05) is 63.7 Å². The van der Waals surface area contributed by atoms with Crippen LogP contribution in [0.25, 0.3) is 0 Å². The summed E-state index contributed by atoms with van der Waals surface area (Å²) in [6, 6.07) is -0.953. The maximum Gasteiger partial charge on any atom is 0.324 e. The van der Waals surface area contributed by atoms with E-state index >= 15 is 0 Å². The topological polar surface area (TPSA) is 63.7 Å². The highest BCUT2D eigenvalue weighted by Crippen LogP contribution is 2.50. The highest BCUT2D eigenvalue weighted by Gasteiger charge is 2.43. The van der Waals surface area contributed by atoms with Gasteiger partial charge in [0.1, 0.15) is 9.78 Å². The zero-order chi connectivity index (χ0) is 16.3. The number of hydrogen-bond donors (Lipinski definition) is 0. The third kappa shape index (κ3) is 5.69. The maximum absolute atomic E-state index is 12.4. The van der Waals surface area contributed by atoms with Crippen LogP contribution in [0.3, 0.4) is 0 Å². The van der Waals surface area contributed by atoms with Crippen LogP contribution in [0.5, 0.6) is 0 Å². The summed E-state index contributed by atoms with van der Waals surface area (Å²) in [5.74, 6) is -0.627. The molecule has 0 aliphatic carbocycles. The van der Waals surface area contributed by atoms with Crippen LogP contribution in [0.2, 0.25) is 0 Å². The van der Waals surface area contributed by atoms with Crippen LogP contribution in [0.4, 0.5) is 0 Å². The molecule has 0 N–H and O–H groups in total. The van der Waals surface area contributed by atoms with Gasteiger partial charge in [0, 0.05) is 0 Å². The van der Waals surface area contributed by atoms with Gasteiger partial charge in [-0.25, -0.2) is 8.42 Å². The van der Waals surface area contributed by atoms with E-state index < -0.39 is 29.8 Å². The number of halogens is 4. The first-order chi connectivity index (χ1) is 8.87. The maximum atomic E-state index is 12.4. The van der Waals surface area contributed by atoms with Gasteiger partial charge in [0.2, 0.25) is 10.0 Å². The van der Waals surface area contributed by atoms with E-state index in [4.69, 9.17) is 0 Å². The molecule has 120 valence electrons. The molecule has 0 aliphatic heterocycles. The number of carbonyl (C=O) groups excluding carboxylic acids is 1. The summed E-state index contributed by atoms with van der Waals surface area (Å²) < 4.78 is 29.4. The van der Waals surface area contributed by atoms with Crippen molar-refractivity contribution in [1.29, 1.82) is 0 Å². The number of hydrogen-bond acceptors (Lipinski definition) is 5. The van der Waals surface area contributed by atoms with Crippen LogP contribution in [-0.4, -0.2) is 42.8 Å². The molecule has 1 atom stereocenters. The molecule has 0 saturated heterocycles. The summed E-state index contributed by atoms with van der Waals surface area (Å²) in [7, 11) is -2.45. The molecule has 0 aromatic rings. The van der Waals surface area contributed by atoms with Crippen molar-refractivity contribution in [2.45, 2.75) is 38.4 Å². The summed E-state index contributed by atoms with van der Waals surface area (Å²) in [6.45, 7) is 4.58. The van der Waals surface area contributed by atoms with Gasteiger partial charge < -0.3 is 4.74 Å². The van der Waals surface area contributed by atoms with E-state index in [0.29, 0.717) is 0 Å². The third-order valence-electron chi connectivity index (χ3n) is 2.17. The predicted molar refractivity (Wildman–Crippen MR) is 97.2 cm³/mol. The molecule has 0 rings (SSSR count). The largest absolute Gasteiger partial charge is 0.468 e. The minimum absolute atomic E-state index is 0.290. The molecule has 0 amide bonds. The molecule has 0 radical (unpaired) electrons. The Bertz CT molecular complexity index is 441. The highest BCUT2D eigenvalue weighted by molar-refractivity contribution is 9.31. The number of sulfonamides is 1. The molecule has 0 aliphatic rings. The summed E-state index contributed by atoms with van der Waals surface area (Å²) in [4.78, 5) is 11.7. The first-order valence-electron chi connectivity index (χ1n) is 5.34. The van der Waals surface area contributed by atoms with E-state index in [9.17, 15) is 13.2 Å². The van der Waals surface area contributed by atoms with Crippen molar-refractivity contribution in [2.24, 2.45) is 0 Å².